The highest BCUT2D eigenvalue weighted by molar-refractivity contribution is 8.14. The van der Waals surface area contributed by atoms with Crippen molar-refractivity contribution < 1.29 is 0 Å². The monoisotopic (exact) mass is 228 g/mol. The van der Waals surface area contributed by atoms with Gasteiger partial charge >= 0.3 is 0 Å². The van der Waals surface area contributed by atoms with Gasteiger partial charge in [-0.25, -0.2) is 0 Å². The van der Waals surface area contributed by atoms with Gasteiger partial charge in [-0.3, -0.25) is 4.99 Å². The molecule has 1 N–H and O–H groups in total. The molecule has 1 aliphatic rings. The van der Waals surface area contributed by atoms with E-state index >= 15 is 0 Å². The molecular formula is C12H24N2S. The van der Waals surface area contributed by atoms with E-state index < -0.39 is 0 Å². The lowest BCUT2D eigenvalue weighted by Crippen LogP contribution is -2.21. The molecule has 0 amide bonds. The maximum absolute atomic E-state index is 4.52. The van der Waals surface area contributed by atoms with Crippen molar-refractivity contribution in [3.8, 4) is 0 Å². The summed E-state index contributed by atoms with van der Waals surface area (Å²) in [5, 5.41) is 5.35. The number of hydrogen-bond donors (Lipinski definition) is 1. The highest BCUT2D eigenvalue weighted by atomic mass is 32.2. The third-order valence-corrected chi connectivity index (χ3v) is 3.78. The molecule has 1 unspecified atom stereocenters. The van der Waals surface area contributed by atoms with Crippen molar-refractivity contribution in [3.05, 3.63) is 0 Å². The van der Waals surface area contributed by atoms with Crippen LogP contribution >= 0.6 is 11.8 Å². The minimum atomic E-state index is 0.739. The third kappa shape index (κ3) is 5.45. The van der Waals surface area contributed by atoms with Crippen molar-refractivity contribution in [1.82, 2.24) is 5.32 Å². The second kappa shape index (κ2) is 7.15. The molecule has 1 heterocycles. The normalized spacial score (nSPS) is 20.8. The summed E-state index contributed by atoms with van der Waals surface area (Å²) in [4.78, 5) is 4.52. The molecule has 1 atom stereocenters. The van der Waals surface area contributed by atoms with Crippen LogP contribution in [-0.2, 0) is 0 Å². The third-order valence-electron chi connectivity index (χ3n) is 2.56. The molecule has 0 radical (unpaired) electrons. The molecule has 88 valence electrons. The zero-order valence-electron chi connectivity index (χ0n) is 10.3. The average molecular weight is 228 g/mol. The summed E-state index contributed by atoms with van der Waals surface area (Å²) in [6.45, 7) is 8.90. The predicted molar refractivity (Wildman–Crippen MR) is 70.7 cm³/mol. The van der Waals surface area contributed by atoms with Gasteiger partial charge in [-0.05, 0) is 25.2 Å². The Hall–Kier alpha value is -0.180. The molecule has 0 aromatic carbocycles. The van der Waals surface area contributed by atoms with Gasteiger partial charge in [0.2, 0.25) is 0 Å². The van der Waals surface area contributed by atoms with Crippen LogP contribution in [0.3, 0.4) is 0 Å². The van der Waals surface area contributed by atoms with Gasteiger partial charge in [0.15, 0.2) is 5.17 Å². The molecule has 0 aromatic heterocycles. The van der Waals surface area contributed by atoms with Crippen LogP contribution < -0.4 is 5.32 Å². The Balaban J connectivity index is 2.03. The number of amidine groups is 1. The van der Waals surface area contributed by atoms with Crippen molar-refractivity contribution in [3.63, 3.8) is 0 Å². The molecule has 0 saturated carbocycles. The molecule has 0 fully saturated rings. The van der Waals surface area contributed by atoms with E-state index in [2.05, 4.69) is 31.1 Å². The highest BCUT2D eigenvalue weighted by Crippen LogP contribution is 2.23. The largest absolute Gasteiger partial charge is 0.365 e. The number of nitrogens with zero attached hydrogens (tertiary/aromatic N) is 1. The van der Waals surface area contributed by atoms with E-state index in [1.54, 1.807) is 0 Å². The van der Waals surface area contributed by atoms with E-state index in [1.807, 2.05) is 11.8 Å². The lowest BCUT2D eigenvalue weighted by molar-refractivity contribution is 0.552. The van der Waals surface area contributed by atoms with Gasteiger partial charge in [0.1, 0.15) is 0 Å². The molecule has 3 heteroatoms. The molecular weight excluding hydrogens is 204 g/mol. The first-order valence-electron chi connectivity index (χ1n) is 6.17. The molecule has 1 rings (SSSR count). The Labute approximate surface area is 98.3 Å². The fourth-order valence-electron chi connectivity index (χ4n) is 1.69. The second-order valence-electron chi connectivity index (χ2n) is 4.64. The summed E-state index contributed by atoms with van der Waals surface area (Å²) in [5.74, 6) is 0.817. The van der Waals surface area contributed by atoms with E-state index in [4.69, 9.17) is 0 Å². The van der Waals surface area contributed by atoms with Crippen molar-refractivity contribution in [2.45, 2.75) is 51.7 Å². The highest BCUT2D eigenvalue weighted by Gasteiger charge is 2.17. The Bertz CT molecular complexity index is 202. The van der Waals surface area contributed by atoms with Crippen LogP contribution in [0.5, 0.6) is 0 Å². The Kier molecular flexibility index (Phi) is 6.15. The van der Waals surface area contributed by atoms with E-state index in [0.29, 0.717) is 0 Å². The first-order chi connectivity index (χ1) is 7.22. The van der Waals surface area contributed by atoms with Crippen LogP contribution in [0, 0.1) is 5.92 Å². The maximum atomic E-state index is 4.52. The first-order valence-corrected chi connectivity index (χ1v) is 7.05. The Morgan fingerprint density at radius 1 is 1.53 bits per heavy atom. The van der Waals surface area contributed by atoms with E-state index in [9.17, 15) is 0 Å². The fraction of sp³-hybridized carbons (Fsp3) is 0.917. The van der Waals surface area contributed by atoms with Crippen LogP contribution in [0.1, 0.15) is 46.5 Å². The lowest BCUT2D eigenvalue weighted by atomic mass is 10.1. The van der Waals surface area contributed by atoms with Crippen LogP contribution in [-0.4, -0.2) is 23.5 Å². The SMILES string of the molecule is CCCC1CN=C(NCCCC(C)C)S1. The van der Waals surface area contributed by atoms with Crippen LogP contribution in [0.25, 0.3) is 0 Å². The zero-order valence-corrected chi connectivity index (χ0v) is 11.1. The summed E-state index contributed by atoms with van der Waals surface area (Å²) in [6, 6.07) is 0. The smallest absolute Gasteiger partial charge is 0.156 e. The Morgan fingerprint density at radius 2 is 2.33 bits per heavy atom. The van der Waals surface area contributed by atoms with E-state index in [0.717, 1.165) is 24.3 Å². The molecule has 0 saturated heterocycles. The summed E-state index contributed by atoms with van der Waals surface area (Å²) in [5.41, 5.74) is 0. The molecule has 15 heavy (non-hydrogen) atoms. The Morgan fingerprint density at radius 3 is 3.00 bits per heavy atom. The van der Waals surface area contributed by atoms with Gasteiger partial charge in [-0.15, -0.1) is 0 Å². The van der Waals surface area contributed by atoms with Crippen LogP contribution in [0.15, 0.2) is 4.99 Å². The minimum absolute atomic E-state index is 0.739. The number of hydrogen-bond acceptors (Lipinski definition) is 3. The number of aliphatic imine (C=N–C) groups is 1. The van der Waals surface area contributed by atoms with Crippen molar-refractivity contribution >= 4 is 16.9 Å². The summed E-state index contributed by atoms with van der Waals surface area (Å²) in [6.07, 6.45) is 5.14. The summed E-state index contributed by atoms with van der Waals surface area (Å²) >= 11 is 1.93. The molecule has 1 aliphatic heterocycles. The summed E-state index contributed by atoms with van der Waals surface area (Å²) in [7, 11) is 0. The molecule has 0 bridgehead atoms. The maximum Gasteiger partial charge on any atom is 0.156 e. The molecule has 2 nitrogen and oxygen atoms in total. The fourth-order valence-corrected chi connectivity index (χ4v) is 2.85. The van der Waals surface area contributed by atoms with E-state index in [1.165, 1.54) is 30.9 Å². The van der Waals surface area contributed by atoms with Crippen LogP contribution in [0.4, 0.5) is 0 Å². The van der Waals surface area contributed by atoms with Gasteiger partial charge in [-0.2, -0.15) is 0 Å². The van der Waals surface area contributed by atoms with Gasteiger partial charge in [-0.1, -0.05) is 39.0 Å². The number of thioether (sulfide) groups is 1. The van der Waals surface area contributed by atoms with Gasteiger partial charge in [0, 0.05) is 11.8 Å². The second-order valence-corrected chi connectivity index (χ2v) is 5.93. The number of rotatable bonds is 6. The standard InChI is InChI=1S/C12H24N2S/c1-4-6-11-9-14-12(15-11)13-8-5-7-10(2)3/h10-11H,4-9H2,1-3H3,(H,13,14). The summed E-state index contributed by atoms with van der Waals surface area (Å²) < 4.78 is 0. The predicted octanol–water partition coefficient (Wildman–Crippen LogP) is 3.28. The van der Waals surface area contributed by atoms with Gasteiger partial charge in [0.05, 0.1) is 6.54 Å². The quantitative estimate of drug-likeness (QED) is 0.706. The minimum Gasteiger partial charge on any atom is -0.365 e. The van der Waals surface area contributed by atoms with Crippen molar-refractivity contribution in [1.29, 1.82) is 0 Å². The zero-order chi connectivity index (χ0) is 11.1. The van der Waals surface area contributed by atoms with Crippen molar-refractivity contribution in [2.24, 2.45) is 10.9 Å². The topological polar surface area (TPSA) is 24.4 Å². The van der Waals surface area contributed by atoms with Crippen LogP contribution in [0.2, 0.25) is 0 Å². The van der Waals surface area contributed by atoms with Gasteiger partial charge in [0.25, 0.3) is 0 Å². The van der Waals surface area contributed by atoms with Crippen molar-refractivity contribution in [2.75, 3.05) is 13.1 Å². The number of nitrogens with one attached hydrogen (secondary N) is 1. The average Bonchev–Trinajstić information content (AvgIpc) is 2.61. The van der Waals surface area contributed by atoms with E-state index in [-0.39, 0.29) is 0 Å². The molecule has 0 aromatic rings. The van der Waals surface area contributed by atoms with Gasteiger partial charge < -0.3 is 5.32 Å². The molecule has 0 aliphatic carbocycles. The first kappa shape index (κ1) is 12.9. The molecule has 0 spiro atoms. The lowest BCUT2D eigenvalue weighted by Gasteiger charge is -2.08.